The molecule has 0 atom stereocenters. The Kier molecular flexibility index (Phi) is 6.19. The molecule has 102 valence electrons. The number of rotatable bonds is 6. The zero-order valence-corrected chi connectivity index (χ0v) is 13.4. The molecule has 0 N–H and O–H groups in total. The molecule has 1 aromatic rings. The summed E-state index contributed by atoms with van der Waals surface area (Å²) in [5, 5.41) is 3.24. The van der Waals surface area contributed by atoms with E-state index in [4.69, 9.17) is 4.74 Å². The highest BCUT2D eigenvalue weighted by Crippen LogP contribution is 2.36. The Labute approximate surface area is 123 Å². The summed E-state index contributed by atoms with van der Waals surface area (Å²) in [5.41, 5.74) is 0.409. The highest BCUT2D eigenvalue weighted by Gasteiger charge is 2.29. The zero-order chi connectivity index (χ0) is 12.7. The van der Waals surface area contributed by atoms with Crippen molar-refractivity contribution in [1.29, 1.82) is 0 Å². The van der Waals surface area contributed by atoms with E-state index >= 15 is 0 Å². The minimum absolute atomic E-state index is 0.409. The minimum Gasteiger partial charge on any atom is -0.380 e. The molecule has 1 aromatic heterocycles. The average molecular weight is 331 g/mol. The molecule has 1 fully saturated rings. The van der Waals surface area contributed by atoms with E-state index in [1.165, 1.54) is 43.4 Å². The maximum Gasteiger partial charge on any atom is 0.0530 e. The first-order valence-corrected chi connectivity index (χ1v) is 9.01. The lowest BCUT2D eigenvalue weighted by Crippen LogP contribution is -2.28. The van der Waals surface area contributed by atoms with Crippen molar-refractivity contribution in [3.05, 3.63) is 22.4 Å². The predicted octanol–water partition coefficient (Wildman–Crippen LogP) is 5.04. The van der Waals surface area contributed by atoms with E-state index in [9.17, 15) is 0 Å². The van der Waals surface area contributed by atoms with Gasteiger partial charge in [-0.05, 0) is 24.3 Å². The van der Waals surface area contributed by atoms with Gasteiger partial charge in [-0.2, -0.15) is 0 Å². The minimum atomic E-state index is 0.409. The molecular weight excluding hydrogens is 308 g/mol. The van der Waals surface area contributed by atoms with Crippen LogP contribution in [0.15, 0.2) is 17.5 Å². The van der Waals surface area contributed by atoms with Crippen molar-refractivity contribution in [3.8, 4) is 0 Å². The van der Waals surface area contributed by atoms with Crippen LogP contribution in [0.5, 0.6) is 0 Å². The molecule has 18 heavy (non-hydrogen) atoms. The summed E-state index contributed by atoms with van der Waals surface area (Å²) in [7, 11) is 0. The molecule has 1 aliphatic carbocycles. The smallest absolute Gasteiger partial charge is 0.0530 e. The molecule has 3 heteroatoms. The fraction of sp³-hybridized carbons (Fsp3) is 0.733. The number of ether oxygens (including phenoxy) is 1. The van der Waals surface area contributed by atoms with Crippen LogP contribution in [0.1, 0.15) is 43.4 Å². The number of halogens is 1. The third-order valence-corrected chi connectivity index (χ3v) is 6.05. The first-order valence-electron chi connectivity index (χ1n) is 7.01. The van der Waals surface area contributed by atoms with E-state index in [0.29, 0.717) is 5.41 Å². The average Bonchev–Trinajstić information content (AvgIpc) is 2.80. The van der Waals surface area contributed by atoms with Gasteiger partial charge in [-0.25, -0.2) is 0 Å². The van der Waals surface area contributed by atoms with Gasteiger partial charge in [0, 0.05) is 22.0 Å². The maximum atomic E-state index is 5.97. The van der Waals surface area contributed by atoms with Crippen LogP contribution in [0.4, 0.5) is 0 Å². The van der Waals surface area contributed by atoms with Crippen LogP contribution < -0.4 is 0 Å². The lowest BCUT2D eigenvalue weighted by Gasteiger charge is -2.30. The van der Waals surface area contributed by atoms with Gasteiger partial charge in [0.25, 0.3) is 0 Å². The molecule has 0 aliphatic heterocycles. The van der Waals surface area contributed by atoms with Crippen LogP contribution in [0.25, 0.3) is 0 Å². The molecule has 1 nitrogen and oxygen atoms in total. The Bertz CT molecular complexity index is 315. The Morgan fingerprint density at radius 2 is 2.00 bits per heavy atom. The van der Waals surface area contributed by atoms with Gasteiger partial charge in [-0.1, -0.05) is 47.7 Å². The van der Waals surface area contributed by atoms with Gasteiger partial charge >= 0.3 is 0 Å². The van der Waals surface area contributed by atoms with Crippen LogP contribution in [-0.4, -0.2) is 18.5 Å². The number of hydrogen-bond donors (Lipinski definition) is 0. The Morgan fingerprint density at radius 1 is 1.22 bits per heavy atom. The topological polar surface area (TPSA) is 9.23 Å². The number of thiophene rings is 1. The Morgan fingerprint density at radius 3 is 2.61 bits per heavy atom. The van der Waals surface area contributed by atoms with E-state index < -0.39 is 0 Å². The third kappa shape index (κ3) is 4.36. The second-order valence-electron chi connectivity index (χ2n) is 5.43. The van der Waals surface area contributed by atoms with Gasteiger partial charge in [0.05, 0.1) is 13.2 Å². The fourth-order valence-corrected chi connectivity index (χ4v) is 4.12. The molecule has 0 aromatic carbocycles. The Hall–Kier alpha value is 0.140. The van der Waals surface area contributed by atoms with Gasteiger partial charge in [0.2, 0.25) is 0 Å². The third-order valence-electron chi connectivity index (χ3n) is 3.93. The molecule has 1 heterocycles. The first kappa shape index (κ1) is 14.5. The molecule has 1 aliphatic rings. The fourth-order valence-electron chi connectivity index (χ4n) is 2.71. The van der Waals surface area contributed by atoms with Crippen LogP contribution in [-0.2, 0) is 11.2 Å². The van der Waals surface area contributed by atoms with Gasteiger partial charge in [0.1, 0.15) is 0 Å². The van der Waals surface area contributed by atoms with Crippen molar-refractivity contribution >= 4 is 27.3 Å². The van der Waals surface area contributed by atoms with Crippen molar-refractivity contribution < 1.29 is 4.74 Å². The van der Waals surface area contributed by atoms with Crippen LogP contribution >= 0.6 is 27.3 Å². The monoisotopic (exact) mass is 330 g/mol. The summed E-state index contributed by atoms with van der Waals surface area (Å²) in [4.78, 5) is 1.43. The van der Waals surface area contributed by atoms with Crippen molar-refractivity contribution in [2.75, 3.05) is 18.5 Å². The molecule has 0 unspecified atom stereocenters. The van der Waals surface area contributed by atoms with Crippen molar-refractivity contribution in [2.24, 2.45) is 5.41 Å². The quantitative estimate of drug-likeness (QED) is 0.403. The highest BCUT2D eigenvalue weighted by molar-refractivity contribution is 9.09. The highest BCUT2D eigenvalue weighted by atomic mass is 79.9. The molecule has 0 radical (unpaired) electrons. The second-order valence-corrected chi connectivity index (χ2v) is 7.02. The van der Waals surface area contributed by atoms with Crippen molar-refractivity contribution in [2.45, 2.75) is 44.9 Å². The summed E-state index contributed by atoms with van der Waals surface area (Å²) >= 11 is 5.54. The largest absolute Gasteiger partial charge is 0.380 e. The number of hydrogen-bond acceptors (Lipinski definition) is 2. The van der Waals surface area contributed by atoms with Crippen molar-refractivity contribution in [3.63, 3.8) is 0 Å². The molecule has 0 saturated heterocycles. The summed E-state index contributed by atoms with van der Waals surface area (Å²) < 4.78 is 5.97. The molecule has 0 bridgehead atoms. The van der Waals surface area contributed by atoms with Gasteiger partial charge in [-0.3, -0.25) is 0 Å². The normalized spacial score (nSPS) is 19.6. The van der Waals surface area contributed by atoms with Gasteiger partial charge < -0.3 is 4.74 Å². The van der Waals surface area contributed by atoms with Crippen LogP contribution in [0.3, 0.4) is 0 Å². The van der Waals surface area contributed by atoms with Crippen LogP contribution in [0.2, 0.25) is 0 Å². The maximum absolute atomic E-state index is 5.97. The summed E-state index contributed by atoms with van der Waals surface area (Å²) in [6.45, 7) is 1.80. The van der Waals surface area contributed by atoms with Gasteiger partial charge in [-0.15, -0.1) is 11.3 Å². The van der Waals surface area contributed by atoms with E-state index in [1.54, 1.807) is 0 Å². The summed E-state index contributed by atoms with van der Waals surface area (Å²) in [5.74, 6) is 0. The standard InChI is InChI=1S/C15H23BrOS/c16-12-15(8-3-1-2-4-9-15)13-17-10-7-14-6-5-11-18-14/h5-6,11H,1-4,7-10,12-13H2. The molecular formula is C15H23BrOS. The Balaban J connectivity index is 1.72. The van der Waals surface area contributed by atoms with Crippen LogP contribution in [0, 0.1) is 5.41 Å². The molecule has 2 rings (SSSR count). The van der Waals surface area contributed by atoms with E-state index in [-0.39, 0.29) is 0 Å². The molecule has 0 spiro atoms. The van der Waals surface area contributed by atoms with Gasteiger partial charge in [0.15, 0.2) is 0 Å². The lowest BCUT2D eigenvalue weighted by atomic mass is 9.83. The molecule has 1 saturated carbocycles. The SMILES string of the molecule is BrCC1(COCCc2cccs2)CCCCCC1. The first-order chi connectivity index (χ1) is 8.85. The van der Waals surface area contributed by atoms with Crippen molar-refractivity contribution in [1.82, 2.24) is 0 Å². The second kappa shape index (κ2) is 7.66. The van der Waals surface area contributed by atoms with E-state index in [0.717, 1.165) is 25.0 Å². The van der Waals surface area contributed by atoms with E-state index in [1.807, 2.05) is 11.3 Å². The summed E-state index contributed by atoms with van der Waals surface area (Å²) in [6.07, 6.45) is 9.29. The molecule has 0 amide bonds. The zero-order valence-electron chi connectivity index (χ0n) is 11.0. The lowest BCUT2D eigenvalue weighted by molar-refractivity contribution is 0.0495. The number of alkyl halides is 1. The van der Waals surface area contributed by atoms with E-state index in [2.05, 4.69) is 33.4 Å². The predicted molar refractivity (Wildman–Crippen MR) is 82.8 cm³/mol. The summed E-state index contributed by atoms with van der Waals surface area (Å²) in [6, 6.07) is 4.31.